The van der Waals surface area contributed by atoms with Gasteiger partial charge in [-0.05, 0) is 37.8 Å². The Balaban J connectivity index is 1.33. The average molecular weight is 404 g/mol. The van der Waals surface area contributed by atoms with Crippen LogP contribution in [-0.4, -0.2) is 52.3 Å². The molecule has 0 unspecified atom stereocenters. The van der Waals surface area contributed by atoms with Gasteiger partial charge < -0.3 is 15.0 Å². The summed E-state index contributed by atoms with van der Waals surface area (Å²) in [5.41, 5.74) is 0.698. The normalized spacial score (nSPS) is 22.6. The average Bonchev–Trinajstić information content (AvgIpc) is 3.16. The molecule has 154 valence electrons. The van der Waals surface area contributed by atoms with Crippen molar-refractivity contribution in [3.05, 3.63) is 42.2 Å². The SMILES string of the molecule is O=C(Nc1cnn(-c2cc(F)cc(F)c2)c1)C1CCC(N2CCOCC2=O)CC1. The van der Waals surface area contributed by atoms with Gasteiger partial charge in [0, 0.05) is 24.6 Å². The minimum Gasteiger partial charge on any atom is -0.370 e. The van der Waals surface area contributed by atoms with Gasteiger partial charge in [-0.15, -0.1) is 0 Å². The van der Waals surface area contributed by atoms with Gasteiger partial charge in [-0.2, -0.15) is 5.10 Å². The van der Waals surface area contributed by atoms with Gasteiger partial charge >= 0.3 is 0 Å². The smallest absolute Gasteiger partial charge is 0.248 e. The van der Waals surface area contributed by atoms with E-state index < -0.39 is 11.6 Å². The van der Waals surface area contributed by atoms with Crippen molar-refractivity contribution in [2.24, 2.45) is 5.92 Å². The Morgan fingerprint density at radius 2 is 1.86 bits per heavy atom. The number of hydrogen-bond donors (Lipinski definition) is 1. The van der Waals surface area contributed by atoms with E-state index in [1.807, 2.05) is 4.90 Å². The van der Waals surface area contributed by atoms with Crippen molar-refractivity contribution < 1.29 is 23.1 Å². The Bertz CT molecular complexity index is 889. The third-order valence-electron chi connectivity index (χ3n) is 5.49. The minimum atomic E-state index is -0.698. The molecule has 1 aromatic heterocycles. The topological polar surface area (TPSA) is 76.5 Å². The van der Waals surface area contributed by atoms with E-state index in [1.54, 1.807) is 0 Å². The summed E-state index contributed by atoms with van der Waals surface area (Å²) in [6.07, 6.45) is 5.93. The van der Waals surface area contributed by atoms with Gasteiger partial charge in [0.05, 0.1) is 30.4 Å². The molecule has 0 atom stereocenters. The lowest BCUT2D eigenvalue weighted by Crippen LogP contribution is -2.49. The zero-order chi connectivity index (χ0) is 20.4. The second-order valence-electron chi connectivity index (χ2n) is 7.44. The van der Waals surface area contributed by atoms with Gasteiger partial charge in [0.1, 0.15) is 18.2 Å². The number of benzene rings is 1. The fourth-order valence-corrected chi connectivity index (χ4v) is 4.01. The number of aromatic nitrogens is 2. The highest BCUT2D eigenvalue weighted by Crippen LogP contribution is 2.29. The molecule has 29 heavy (non-hydrogen) atoms. The molecule has 9 heteroatoms. The predicted octanol–water partition coefficient (Wildman–Crippen LogP) is 2.51. The van der Waals surface area contributed by atoms with E-state index in [2.05, 4.69) is 10.4 Å². The Morgan fingerprint density at radius 3 is 2.55 bits per heavy atom. The maximum atomic E-state index is 13.4. The van der Waals surface area contributed by atoms with E-state index in [1.165, 1.54) is 17.1 Å². The highest BCUT2D eigenvalue weighted by Gasteiger charge is 2.32. The first kappa shape index (κ1) is 19.5. The van der Waals surface area contributed by atoms with Crippen molar-refractivity contribution >= 4 is 17.5 Å². The van der Waals surface area contributed by atoms with Crippen molar-refractivity contribution in [3.8, 4) is 5.69 Å². The van der Waals surface area contributed by atoms with Gasteiger partial charge in [-0.3, -0.25) is 9.59 Å². The van der Waals surface area contributed by atoms with Gasteiger partial charge in [0.2, 0.25) is 11.8 Å². The van der Waals surface area contributed by atoms with Crippen molar-refractivity contribution in [3.63, 3.8) is 0 Å². The van der Waals surface area contributed by atoms with Crippen LogP contribution in [0.2, 0.25) is 0 Å². The Labute approximate surface area is 166 Å². The van der Waals surface area contributed by atoms with E-state index in [0.29, 0.717) is 31.7 Å². The number of carbonyl (C=O) groups is 2. The third kappa shape index (κ3) is 4.45. The summed E-state index contributed by atoms with van der Waals surface area (Å²) >= 11 is 0. The number of amides is 2. The molecule has 1 aromatic carbocycles. The number of morpholine rings is 1. The summed E-state index contributed by atoms with van der Waals surface area (Å²) in [5, 5.41) is 6.88. The quantitative estimate of drug-likeness (QED) is 0.850. The molecular formula is C20H22F2N4O3. The molecule has 1 aliphatic carbocycles. The highest BCUT2D eigenvalue weighted by molar-refractivity contribution is 5.92. The monoisotopic (exact) mass is 404 g/mol. The predicted molar refractivity (Wildman–Crippen MR) is 100 cm³/mol. The van der Waals surface area contributed by atoms with Crippen LogP contribution in [0.1, 0.15) is 25.7 Å². The number of hydrogen-bond acceptors (Lipinski definition) is 4. The van der Waals surface area contributed by atoms with Crippen molar-refractivity contribution in [2.75, 3.05) is 25.1 Å². The molecule has 2 heterocycles. The summed E-state index contributed by atoms with van der Waals surface area (Å²) in [6, 6.07) is 3.28. The number of rotatable bonds is 4. The summed E-state index contributed by atoms with van der Waals surface area (Å²) in [5.74, 6) is -1.63. The summed E-state index contributed by atoms with van der Waals surface area (Å²) in [4.78, 5) is 26.5. The fraction of sp³-hybridized carbons (Fsp3) is 0.450. The first-order chi connectivity index (χ1) is 14.0. The Hall–Kier alpha value is -2.81. The molecule has 0 radical (unpaired) electrons. The van der Waals surface area contributed by atoms with Gasteiger partial charge in [0.25, 0.3) is 0 Å². The van der Waals surface area contributed by atoms with Crippen LogP contribution in [0, 0.1) is 17.6 Å². The molecule has 7 nitrogen and oxygen atoms in total. The number of nitrogens with one attached hydrogen (secondary N) is 1. The van der Waals surface area contributed by atoms with Crippen LogP contribution in [0.3, 0.4) is 0 Å². The molecule has 2 aliphatic rings. The Kier molecular flexibility index (Phi) is 5.57. The number of nitrogens with zero attached hydrogens (tertiary/aromatic N) is 3. The summed E-state index contributed by atoms with van der Waals surface area (Å²) in [7, 11) is 0. The zero-order valence-corrected chi connectivity index (χ0v) is 15.8. The van der Waals surface area contributed by atoms with Gasteiger partial charge in [-0.1, -0.05) is 0 Å². The van der Waals surface area contributed by atoms with E-state index >= 15 is 0 Å². The van der Waals surface area contributed by atoms with Gasteiger partial charge in [-0.25, -0.2) is 13.5 Å². The van der Waals surface area contributed by atoms with E-state index in [0.717, 1.165) is 31.0 Å². The first-order valence-electron chi connectivity index (χ1n) is 9.69. The first-order valence-corrected chi connectivity index (χ1v) is 9.69. The van der Waals surface area contributed by atoms with Crippen LogP contribution in [0.5, 0.6) is 0 Å². The highest BCUT2D eigenvalue weighted by atomic mass is 19.1. The molecule has 1 saturated heterocycles. The van der Waals surface area contributed by atoms with E-state index in [4.69, 9.17) is 4.74 Å². The van der Waals surface area contributed by atoms with Crippen LogP contribution in [-0.2, 0) is 14.3 Å². The molecule has 2 aromatic rings. The largest absolute Gasteiger partial charge is 0.370 e. The van der Waals surface area contributed by atoms with Crippen molar-refractivity contribution in [1.82, 2.24) is 14.7 Å². The molecule has 1 N–H and O–H groups in total. The second-order valence-corrected chi connectivity index (χ2v) is 7.44. The molecule has 1 saturated carbocycles. The lowest BCUT2D eigenvalue weighted by atomic mass is 9.84. The van der Waals surface area contributed by atoms with E-state index in [-0.39, 0.29) is 36.1 Å². The van der Waals surface area contributed by atoms with Crippen LogP contribution in [0.4, 0.5) is 14.5 Å². The van der Waals surface area contributed by atoms with Crippen LogP contribution >= 0.6 is 0 Å². The Morgan fingerprint density at radius 1 is 1.14 bits per heavy atom. The number of halogens is 2. The molecule has 2 fully saturated rings. The summed E-state index contributed by atoms with van der Waals surface area (Å²) < 4.78 is 33.2. The lowest BCUT2D eigenvalue weighted by molar-refractivity contribution is -0.146. The molecule has 1 aliphatic heterocycles. The van der Waals surface area contributed by atoms with Crippen LogP contribution in [0.15, 0.2) is 30.6 Å². The standard InChI is InChI=1S/C20H22F2N4O3/c21-14-7-15(22)9-18(8-14)26-11-16(10-23-26)24-20(28)13-1-3-17(4-2-13)25-5-6-29-12-19(25)27/h7-11,13,17H,1-6,12H2,(H,24,28). The maximum Gasteiger partial charge on any atom is 0.248 e. The zero-order valence-electron chi connectivity index (χ0n) is 15.8. The van der Waals surface area contributed by atoms with E-state index in [9.17, 15) is 18.4 Å². The molecule has 0 spiro atoms. The summed E-state index contributed by atoms with van der Waals surface area (Å²) in [6.45, 7) is 1.31. The van der Waals surface area contributed by atoms with Crippen LogP contribution in [0.25, 0.3) is 5.69 Å². The maximum absolute atomic E-state index is 13.4. The number of carbonyl (C=O) groups excluding carboxylic acids is 2. The lowest BCUT2D eigenvalue weighted by Gasteiger charge is -2.38. The number of anilines is 1. The fourth-order valence-electron chi connectivity index (χ4n) is 4.01. The molecule has 0 bridgehead atoms. The van der Waals surface area contributed by atoms with Crippen LogP contribution < -0.4 is 5.32 Å². The number of ether oxygens (including phenoxy) is 1. The van der Waals surface area contributed by atoms with Crippen molar-refractivity contribution in [1.29, 1.82) is 0 Å². The molecule has 2 amide bonds. The van der Waals surface area contributed by atoms with Gasteiger partial charge in [0.15, 0.2) is 0 Å². The minimum absolute atomic E-state index is 0.0188. The molecule has 4 rings (SSSR count). The molecular weight excluding hydrogens is 382 g/mol. The third-order valence-corrected chi connectivity index (χ3v) is 5.49. The second kappa shape index (κ2) is 8.28. The van der Waals surface area contributed by atoms with Crippen molar-refractivity contribution in [2.45, 2.75) is 31.7 Å².